The van der Waals surface area contributed by atoms with E-state index in [4.69, 9.17) is 21.6 Å². The zero-order chi connectivity index (χ0) is 43.5. The lowest BCUT2D eigenvalue weighted by molar-refractivity contribution is 0.660. The summed E-state index contributed by atoms with van der Waals surface area (Å²) >= 11 is 6.98. The molecule has 11 rings (SSSR count). The van der Waals surface area contributed by atoms with Crippen LogP contribution < -0.4 is 0 Å². The van der Waals surface area contributed by atoms with Crippen LogP contribution in [-0.4, -0.2) is 9.97 Å². The van der Waals surface area contributed by atoms with Gasteiger partial charge in [-0.05, 0) is 120 Å². The smallest absolute Gasteiger partial charge is 0.0702 e. The molecule has 0 spiro atoms. The SMILES string of the molecule is CC.CC1(C)c2ccccc2-c2ccc(-c3ccc(-c4ccccc4-c4cc(Cl)cc(-c5ccccc5-c5ccc(-c6ccc7c(c6)C(C)(C)c6ccccc6-7)nc5)c4)cn3)cc21. The van der Waals surface area contributed by atoms with Gasteiger partial charge in [0.05, 0.1) is 11.4 Å². The number of halogens is 1. The molecule has 306 valence electrons. The van der Waals surface area contributed by atoms with Crippen molar-refractivity contribution in [3.8, 4) is 89.3 Å². The van der Waals surface area contributed by atoms with Gasteiger partial charge in [0.1, 0.15) is 0 Å². The first-order valence-electron chi connectivity index (χ1n) is 22.1. The molecule has 0 atom stereocenters. The van der Waals surface area contributed by atoms with Crippen molar-refractivity contribution in [2.75, 3.05) is 0 Å². The van der Waals surface area contributed by atoms with Gasteiger partial charge in [0.15, 0.2) is 0 Å². The predicted octanol–water partition coefficient (Wildman–Crippen LogP) is 16.8. The molecule has 2 aromatic heterocycles. The van der Waals surface area contributed by atoms with Crippen LogP contribution in [0.15, 0.2) is 188 Å². The standard InChI is InChI=1S/C58H43ClN2.C2H6/c1-57(2)51-19-11-9-17-47(51)49-25-21-36(32-53(49)57)55-27-23-38(34-60-55)43-13-5-7-15-45(43)40-29-41(31-42(59)30-40)46-16-8-6-14-44(46)39-24-28-56(61-35-39)37-22-26-50-48-18-10-12-20-52(48)58(3,4)54(50)33-37;1-2/h5-35H,1-4H3;1-2H3. The third-order valence-corrected chi connectivity index (χ3v) is 13.5. The van der Waals surface area contributed by atoms with Crippen molar-refractivity contribution >= 4 is 11.6 Å². The highest BCUT2D eigenvalue weighted by Crippen LogP contribution is 2.51. The number of benzene rings is 7. The summed E-state index contributed by atoms with van der Waals surface area (Å²) < 4.78 is 0. The van der Waals surface area contributed by atoms with E-state index < -0.39 is 0 Å². The fourth-order valence-corrected chi connectivity index (χ4v) is 10.3. The number of pyridine rings is 2. The molecule has 7 aromatic carbocycles. The van der Waals surface area contributed by atoms with Gasteiger partial charge in [0, 0.05) is 50.5 Å². The molecule has 3 heteroatoms. The molecule has 0 saturated carbocycles. The topological polar surface area (TPSA) is 25.8 Å². The van der Waals surface area contributed by atoms with E-state index in [1.807, 2.05) is 26.2 Å². The van der Waals surface area contributed by atoms with Crippen molar-refractivity contribution in [3.63, 3.8) is 0 Å². The van der Waals surface area contributed by atoms with Crippen LogP contribution >= 0.6 is 11.6 Å². The van der Waals surface area contributed by atoms with Gasteiger partial charge in [-0.25, -0.2) is 0 Å². The number of aromatic nitrogens is 2. The van der Waals surface area contributed by atoms with Crippen molar-refractivity contribution in [2.45, 2.75) is 52.4 Å². The Kier molecular flexibility index (Phi) is 10.1. The maximum atomic E-state index is 6.98. The van der Waals surface area contributed by atoms with Gasteiger partial charge in [-0.3, -0.25) is 9.97 Å². The van der Waals surface area contributed by atoms with Crippen LogP contribution in [0.4, 0.5) is 0 Å². The number of nitrogens with zero attached hydrogens (tertiary/aromatic N) is 2. The Balaban J connectivity index is 0.00000232. The predicted molar refractivity (Wildman–Crippen MR) is 266 cm³/mol. The molecule has 2 heterocycles. The van der Waals surface area contributed by atoms with E-state index in [0.29, 0.717) is 5.02 Å². The first-order chi connectivity index (χ1) is 30.6. The van der Waals surface area contributed by atoms with Crippen molar-refractivity contribution in [3.05, 3.63) is 216 Å². The normalized spacial score (nSPS) is 13.6. The van der Waals surface area contributed by atoms with Crippen molar-refractivity contribution in [1.29, 1.82) is 0 Å². The monoisotopic (exact) mass is 832 g/mol. The molecule has 0 N–H and O–H groups in total. The second kappa shape index (κ2) is 15.8. The van der Waals surface area contributed by atoms with E-state index in [9.17, 15) is 0 Å². The first-order valence-corrected chi connectivity index (χ1v) is 22.4. The van der Waals surface area contributed by atoms with Crippen molar-refractivity contribution in [2.24, 2.45) is 0 Å². The van der Waals surface area contributed by atoms with E-state index >= 15 is 0 Å². The summed E-state index contributed by atoms with van der Waals surface area (Å²) in [5.41, 5.74) is 23.4. The lowest BCUT2D eigenvalue weighted by Gasteiger charge is -2.21. The number of hydrogen-bond acceptors (Lipinski definition) is 2. The van der Waals surface area contributed by atoms with Crippen LogP contribution in [0.1, 0.15) is 63.8 Å². The molecule has 0 amide bonds. The Morgan fingerprint density at radius 1 is 0.317 bits per heavy atom. The second-order valence-electron chi connectivity index (χ2n) is 17.5. The number of hydrogen-bond donors (Lipinski definition) is 0. The molecule has 0 radical (unpaired) electrons. The fraction of sp³-hybridized carbons (Fsp3) is 0.133. The summed E-state index contributed by atoms with van der Waals surface area (Å²) in [6, 6.07) is 63.2. The van der Waals surface area contributed by atoms with Crippen LogP contribution in [0.5, 0.6) is 0 Å². The van der Waals surface area contributed by atoms with E-state index in [-0.39, 0.29) is 10.8 Å². The third kappa shape index (κ3) is 6.81. The van der Waals surface area contributed by atoms with Gasteiger partial charge in [0.25, 0.3) is 0 Å². The van der Waals surface area contributed by atoms with E-state index in [0.717, 1.165) is 67.0 Å². The van der Waals surface area contributed by atoms with E-state index in [1.54, 1.807) is 0 Å². The highest BCUT2D eigenvalue weighted by Gasteiger charge is 2.36. The van der Waals surface area contributed by atoms with E-state index in [2.05, 4.69) is 204 Å². The lowest BCUT2D eigenvalue weighted by atomic mass is 9.82. The largest absolute Gasteiger partial charge is 0.256 e. The summed E-state index contributed by atoms with van der Waals surface area (Å²) in [5, 5.41) is 0.683. The van der Waals surface area contributed by atoms with Crippen LogP contribution in [0.2, 0.25) is 5.02 Å². The zero-order valence-electron chi connectivity index (χ0n) is 36.7. The molecule has 63 heavy (non-hydrogen) atoms. The van der Waals surface area contributed by atoms with Gasteiger partial charge >= 0.3 is 0 Å². The average Bonchev–Trinajstić information content (AvgIpc) is 3.71. The molecular formula is C60H49ClN2. The van der Waals surface area contributed by atoms with Gasteiger partial charge in [-0.1, -0.05) is 187 Å². The Morgan fingerprint density at radius 3 is 1.03 bits per heavy atom. The Labute approximate surface area is 377 Å². The quantitative estimate of drug-likeness (QED) is 0.167. The van der Waals surface area contributed by atoms with Gasteiger partial charge < -0.3 is 0 Å². The minimum absolute atomic E-state index is 0.0619. The minimum Gasteiger partial charge on any atom is -0.256 e. The second-order valence-corrected chi connectivity index (χ2v) is 18.0. The third-order valence-electron chi connectivity index (χ3n) is 13.3. The molecule has 0 bridgehead atoms. The van der Waals surface area contributed by atoms with Crippen LogP contribution in [0.25, 0.3) is 89.3 Å². The fourth-order valence-electron chi connectivity index (χ4n) is 10.0. The molecule has 2 aliphatic carbocycles. The summed E-state index contributed by atoms with van der Waals surface area (Å²) in [4.78, 5) is 10.1. The van der Waals surface area contributed by atoms with Crippen LogP contribution in [0.3, 0.4) is 0 Å². The number of rotatable bonds is 6. The van der Waals surface area contributed by atoms with Crippen molar-refractivity contribution < 1.29 is 0 Å². The Morgan fingerprint density at radius 2 is 0.651 bits per heavy atom. The molecule has 0 unspecified atom stereocenters. The maximum Gasteiger partial charge on any atom is 0.0702 e. The van der Waals surface area contributed by atoms with Crippen molar-refractivity contribution in [1.82, 2.24) is 9.97 Å². The minimum atomic E-state index is -0.0619. The summed E-state index contributed by atoms with van der Waals surface area (Å²) in [6.45, 7) is 13.3. The Bertz CT molecular complexity index is 2980. The van der Waals surface area contributed by atoms with Gasteiger partial charge in [-0.2, -0.15) is 0 Å². The zero-order valence-corrected chi connectivity index (χ0v) is 37.4. The number of fused-ring (bicyclic) bond motifs is 6. The summed E-state index contributed by atoms with van der Waals surface area (Å²) in [5.74, 6) is 0. The van der Waals surface area contributed by atoms with Gasteiger partial charge in [-0.15, -0.1) is 0 Å². The first kappa shape index (κ1) is 40.2. The molecule has 9 aromatic rings. The maximum absolute atomic E-state index is 6.98. The van der Waals surface area contributed by atoms with Crippen LogP contribution in [-0.2, 0) is 10.8 Å². The molecule has 0 aliphatic heterocycles. The molecular weight excluding hydrogens is 784 g/mol. The lowest BCUT2D eigenvalue weighted by Crippen LogP contribution is -2.14. The van der Waals surface area contributed by atoms with Gasteiger partial charge in [0.2, 0.25) is 0 Å². The molecule has 2 nitrogen and oxygen atoms in total. The summed E-state index contributed by atoms with van der Waals surface area (Å²) in [7, 11) is 0. The highest BCUT2D eigenvalue weighted by molar-refractivity contribution is 6.31. The van der Waals surface area contributed by atoms with Crippen LogP contribution in [0, 0.1) is 0 Å². The molecule has 2 aliphatic rings. The molecule has 0 saturated heterocycles. The van der Waals surface area contributed by atoms with E-state index in [1.165, 1.54) is 44.5 Å². The summed E-state index contributed by atoms with van der Waals surface area (Å²) in [6.07, 6.45) is 4.00. The molecule has 0 fully saturated rings. The highest BCUT2D eigenvalue weighted by atomic mass is 35.5. The average molecular weight is 834 g/mol. The Hall–Kier alpha value is -6.87.